The Bertz CT molecular complexity index is 1450. The van der Waals surface area contributed by atoms with Crippen molar-refractivity contribution in [1.29, 1.82) is 0 Å². The molecule has 0 aliphatic heterocycles. The molecule has 0 saturated heterocycles. The number of carboxylic acid groups (broad SMARTS) is 1. The third-order valence-corrected chi connectivity index (χ3v) is 6.47. The maximum absolute atomic E-state index is 12.5. The molecule has 0 aliphatic carbocycles. The number of carbonyl (C=O) groups excluding carboxylic acids is 2. The van der Waals surface area contributed by atoms with Crippen molar-refractivity contribution < 1.29 is 24.2 Å². The molecule has 0 spiro atoms. The van der Waals surface area contributed by atoms with Gasteiger partial charge >= 0.3 is 12.0 Å². The quantitative estimate of drug-likeness (QED) is 0.169. The minimum atomic E-state index is -0.997. The number of para-hydroxylation sites is 1. The molecule has 4 N–H and O–H groups in total. The number of anilines is 2. The van der Waals surface area contributed by atoms with Crippen molar-refractivity contribution >= 4 is 29.3 Å². The first-order chi connectivity index (χ1) is 19.9. The lowest BCUT2D eigenvalue weighted by molar-refractivity contribution is -0.137. The number of benzene rings is 4. The Morgan fingerprint density at radius 1 is 0.780 bits per heavy atom. The second-order valence-electron chi connectivity index (χ2n) is 9.64. The highest BCUT2D eigenvalue weighted by Crippen LogP contribution is 2.22. The zero-order chi connectivity index (χ0) is 29.0. The van der Waals surface area contributed by atoms with E-state index in [-0.39, 0.29) is 24.8 Å². The molecular formula is C33H33N3O5. The van der Waals surface area contributed by atoms with Gasteiger partial charge in [0.1, 0.15) is 5.75 Å². The van der Waals surface area contributed by atoms with E-state index in [0.717, 1.165) is 22.4 Å². The van der Waals surface area contributed by atoms with Crippen LogP contribution in [0.5, 0.6) is 5.75 Å². The van der Waals surface area contributed by atoms with E-state index in [9.17, 15) is 19.5 Å². The average Bonchev–Trinajstić information content (AvgIpc) is 2.95. The summed E-state index contributed by atoms with van der Waals surface area (Å²) in [5.41, 5.74) is 5.03. The standard InChI is InChI=1S/C33H33N3O5/c1-23-7-5-6-10-29(23)36-33(40)34-27-15-11-24(12-16-27)19-20-41-28-17-13-26(14-18-28)30(22-32(38)39)35-31(37)21-25-8-3-2-4-9-25/h2-18,30H,19-22H2,1H3,(H,35,37)(H,38,39)(H2,34,36,40). The van der Waals surface area contributed by atoms with Crippen LogP contribution in [0.25, 0.3) is 0 Å². The fourth-order valence-corrected chi connectivity index (χ4v) is 4.29. The van der Waals surface area contributed by atoms with E-state index in [4.69, 9.17) is 4.74 Å². The number of hydrogen-bond acceptors (Lipinski definition) is 4. The Labute approximate surface area is 239 Å². The van der Waals surface area contributed by atoms with Gasteiger partial charge in [0.25, 0.3) is 0 Å². The molecular weight excluding hydrogens is 518 g/mol. The fraction of sp³-hybridized carbons (Fsp3) is 0.182. The zero-order valence-corrected chi connectivity index (χ0v) is 22.8. The van der Waals surface area contributed by atoms with E-state index < -0.39 is 12.0 Å². The zero-order valence-electron chi connectivity index (χ0n) is 22.8. The first kappa shape index (κ1) is 28.9. The molecule has 0 aromatic heterocycles. The number of aliphatic carboxylic acids is 1. The third-order valence-electron chi connectivity index (χ3n) is 6.47. The molecule has 1 unspecified atom stereocenters. The number of nitrogens with one attached hydrogen (secondary N) is 3. The minimum absolute atomic E-state index is 0.176. The topological polar surface area (TPSA) is 117 Å². The van der Waals surface area contributed by atoms with Crippen molar-refractivity contribution in [2.45, 2.75) is 32.2 Å². The highest BCUT2D eigenvalue weighted by Gasteiger charge is 2.18. The highest BCUT2D eigenvalue weighted by atomic mass is 16.5. The van der Waals surface area contributed by atoms with Gasteiger partial charge in [0.2, 0.25) is 5.91 Å². The molecule has 4 aromatic carbocycles. The van der Waals surface area contributed by atoms with Crippen LogP contribution >= 0.6 is 0 Å². The summed E-state index contributed by atoms with van der Waals surface area (Å²) in [6, 6.07) is 30.6. The van der Waals surface area contributed by atoms with Crippen molar-refractivity contribution in [3.05, 3.63) is 125 Å². The van der Waals surface area contributed by atoms with Crippen molar-refractivity contribution in [1.82, 2.24) is 5.32 Å². The Morgan fingerprint density at radius 3 is 2.15 bits per heavy atom. The van der Waals surface area contributed by atoms with Gasteiger partial charge in [-0.3, -0.25) is 9.59 Å². The summed E-state index contributed by atoms with van der Waals surface area (Å²) in [5, 5.41) is 17.9. The van der Waals surface area contributed by atoms with Gasteiger partial charge in [-0.1, -0.05) is 72.8 Å². The SMILES string of the molecule is Cc1ccccc1NC(=O)Nc1ccc(CCOc2ccc(C(CC(=O)O)NC(=O)Cc3ccccc3)cc2)cc1. The summed E-state index contributed by atoms with van der Waals surface area (Å²) in [6.07, 6.45) is 0.615. The van der Waals surface area contributed by atoms with E-state index in [0.29, 0.717) is 30.0 Å². The van der Waals surface area contributed by atoms with Gasteiger partial charge in [0, 0.05) is 17.8 Å². The summed E-state index contributed by atoms with van der Waals surface area (Å²) >= 11 is 0. The smallest absolute Gasteiger partial charge is 0.323 e. The van der Waals surface area contributed by atoms with Crippen LogP contribution in [0.2, 0.25) is 0 Å². The molecule has 8 nitrogen and oxygen atoms in total. The molecule has 0 fully saturated rings. The van der Waals surface area contributed by atoms with Gasteiger partial charge in [-0.05, 0) is 59.5 Å². The second-order valence-corrected chi connectivity index (χ2v) is 9.64. The Morgan fingerprint density at radius 2 is 1.46 bits per heavy atom. The molecule has 0 bridgehead atoms. The van der Waals surface area contributed by atoms with Crippen LogP contribution in [0.15, 0.2) is 103 Å². The second kappa shape index (κ2) is 14.3. The summed E-state index contributed by atoms with van der Waals surface area (Å²) < 4.78 is 5.87. The number of ether oxygens (including phenoxy) is 1. The van der Waals surface area contributed by atoms with Gasteiger partial charge in [0.15, 0.2) is 0 Å². The predicted octanol–water partition coefficient (Wildman–Crippen LogP) is 6.14. The number of urea groups is 1. The van der Waals surface area contributed by atoms with Crippen molar-refractivity contribution in [3.63, 3.8) is 0 Å². The maximum atomic E-state index is 12.5. The maximum Gasteiger partial charge on any atom is 0.323 e. The molecule has 41 heavy (non-hydrogen) atoms. The number of rotatable bonds is 12. The number of carbonyl (C=O) groups is 3. The summed E-state index contributed by atoms with van der Waals surface area (Å²) in [4.78, 5) is 36.3. The molecule has 0 radical (unpaired) electrons. The van der Waals surface area contributed by atoms with Crippen molar-refractivity contribution in [3.8, 4) is 5.75 Å². The average molecular weight is 552 g/mol. The van der Waals surface area contributed by atoms with Gasteiger partial charge in [-0.2, -0.15) is 0 Å². The van der Waals surface area contributed by atoms with Crippen molar-refractivity contribution in [2.24, 2.45) is 0 Å². The van der Waals surface area contributed by atoms with E-state index in [1.165, 1.54) is 0 Å². The van der Waals surface area contributed by atoms with Crippen molar-refractivity contribution in [2.75, 3.05) is 17.2 Å². The largest absolute Gasteiger partial charge is 0.493 e. The monoisotopic (exact) mass is 551 g/mol. The Balaban J connectivity index is 1.25. The van der Waals surface area contributed by atoms with E-state index in [1.807, 2.05) is 85.8 Å². The number of carboxylic acids is 1. The van der Waals surface area contributed by atoms with Crippen LogP contribution in [0, 0.1) is 6.92 Å². The van der Waals surface area contributed by atoms with Gasteiger partial charge in [-0.15, -0.1) is 0 Å². The van der Waals surface area contributed by atoms with E-state index in [1.54, 1.807) is 24.3 Å². The molecule has 0 saturated carbocycles. The molecule has 8 heteroatoms. The van der Waals surface area contributed by atoms with Crippen LogP contribution in [-0.4, -0.2) is 29.6 Å². The first-order valence-corrected chi connectivity index (χ1v) is 13.4. The molecule has 4 aromatic rings. The van der Waals surface area contributed by atoms with Crippen LogP contribution < -0.4 is 20.7 Å². The fourth-order valence-electron chi connectivity index (χ4n) is 4.29. The number of hydrogen-bond donors (Lipinski definition) is 4. The molecule has 0 heterocycles. The predicted molar refractivity (Wildman–Crippen MR) is 159 cm³/mol. The van der Waals surface area contributed by atoms with Crippen LogP contribution in [-0.2, 0) is 22.4 Å². The first-order valence-electron chi connectivity index (χ1n) is 13.4. The number of aryl methyl sites for hydroxylation is 1. The summed E-state index contributed by atoms with van der Waals surface area (Å²) in [5.74, 6) is -0.594. The Hall–Kier alpha value is -5.11. The lowest BCUT2D eigenvalue weighted by atomic mass is 10.0. The van der Waals surface area contributed by atoms with Gasteiger partial charge in [-0.25, -0.2) is 4.79 Å². The van der Waals surface area contributed by atoms with Crippen LogP contribution in [0.1, 0.15) is 34.7 Å². The van der Waals surface area contributed by atoms with Crippen LogP contribution in [0.3, 0.4) is 0 Å². The lowest BCUT2D eigenvalue weighted by Crippen LogP contribution is -2.31. The Kier molecular flexibility index (Phi) is 10.1. The van der Waals surface area contributed by atoms with Crippen LogP contribution in [0.4, 0.5) is 16.2 Å². The normalized spacial score (nSPS) is 11.2. The molecule has 3 amide bonds. The summed E-state index contributed by atoms with van der Waals surface area (Å²) in [6.45, 7) is 2.37. The third kappa shape index (κ3) is 9.25. The van der Waals surface area contributed by atoms with E-state index in [2.05, 4.69) is 16.0 Å². The van der Waals surface area contributed by atoms with Gasteiger partial charge < -0.3 is 25.8 Å². The molecule has 4 rings (SSSR count). The van der Waals surface area contributed by atoms with Gasteiger partial charge in [0.05, 0.1) is 25.5 Å². The molecule has 210 valence electrons. The lowest BCUT2D eigenvalue weighted by Gasteiger charge is -2.18. The highest BCUT2D eigenvalue weighted by molar-refractivity contribution is 6.00. The number of amides is 3. The molecule has 0 aliphatic rings. The minimum Gasteiger partial charge on any atom is -0.493 e. The van der Waals surface area contributed by atoms with E-state index >= 15 is 0 Å². The molecule has 1 atom stereocenters. The summed E-state index contributed by atoms with van der Waals surface area (Å²) in [7, 11) is 0.